The molecule has 0 saturated carbocycles. The number of fused-ring (bicyclic) bond motifs is 1. The first-order valence-corrected chi connectivity index (χ1v) is 7.28. The molecule has 7 heteroatoms. The summed E-state index contributed by atoms with van der Waals surface area (Å²) in [6.07, 6.45) is 2.89. The van der Waals surface area contributed by atoms with Gasteiger partial charge >= 0.3 is 5.69 Å². The normalized spacial score (nSPS) is 11.9. The van der Waals surface area contributed by atoms with Crippen molar-refractivity contribution in [3.63, 3.8) is 0 Å². The Labute approximate surface area is 135 Å². The summed E-state index contributed by atoms with van der Waals surface area (Å²) in [6.45, 7) is 2.56. The first-order valence-electron chi connectivity index (χ1n) is 7.28. The molecule has 122 valence electrons. The summed E-state index contributed by atoms with van der Waals surface area (Å²) in [4.78, 5) is 28.2. The lowest BCUT2D eigenvalue weighted by atomic mass is 10.1. The van der Waals surface area contributed by atoms with E-state index < -0.39 is 0 Å². The maximum Gasteiger partial charge on any atom is 0.323 e. The molecular weight excluding hydrogens is 304 g/mol. The molecule has 0 aliphatic rings. The van der Waals surface area contributed by atoms with E-state index in [2.05, 4.69) is 15.3 Å². The average molecular weight is 327 g/mol. The molecule has 0 fully saturated rings. The van der Waals surface area contributed by atoms with E-state index in [0.717, 1.165) is 35.9 Å². The van der Waals surface area contributed by atoms with Gasteiger partial charge in [-0.3, -0.25) is 4.79 Å². The van der Waals surface area contributed by atoms with Gasteiger partial charge in [0, 0.05) is 19.0 Å². The lowest BCUT2D eigenvalue weighted by molar-refractivity contribution is -0.121. The van der Waals surface area contributed by atoms with Gasteiger partial charge in [-0.05, 0) is 43.9 Å². The monoisotopic (exact) mass is 326 g/mol. The minimum Gasteiger partial charge on any atom is -0.356 e. The summed E-state index contributed by atoms with van der Waals surface area (Å²) < 4.78 is 0. The summed E-state index contributed by atoms with van der Waals surface area (Å²) in [6, 6.07) is 5.91. The summed E-state index contributed by atoms with van der Waals surface area (Å²) in [5.74, 6) is 0.0618. The zero-order chi connectivity index (χ0) is 15.2. The minimum atomic E-state index is -0.198. The standard InChI is InChI=1S/C15H22N4O2.ClH/c1-10(16)7-8-17-14(20)4-2-3-11-5-6-12-13(9-11)19-15(21)18-12;/h5-6,9-10H,2-4,7-8,16H2,1H3,(H,17,20)(H2,18,19,21);1H. The molecule has 1 aromatic heterocycles. The third kappa shape index (κ3) is 5.54. The van der Waals surface area contributed by atoms with E-state index in [9.17, 15) is 9.59 Å². The largest absolute Gasteiger partial charge is 0.356 e. The fourth-order valence-corrected chi connectivity index (χ4v) is 2.22. The van der Waals surface area contributed by atoms with Crippen molar-refractivity contribution in [2.45, 2.75) is 38.6 Å². The lowest BCUT2D eigenvalue weighted by Gasteiger charge is -2.07. The van der Waals surface area contributed by atoms with E-state index >= 15 is 0 Å². The molecule has 0 bridgehead atoms. The van der Waals surface area contributed by atoms with Crippen LogP contribution in [0, 0.1) is 0 Å². The number of H-pyrrole nitrogens is 2. The molecule has 0 spiro atoms. The number of hydrogen-bond acceptors (Lipinski definition) is 3. The van der Waals surface area contributed by atoms with Crippen LogP contribution in [-0.4, -0.2) is 28.5 Å². The molecule has 0 radical (unpaired) electrons. The zero-order valence-electron chi connectivity index (χ0n) is 12.6. The molecule has 0 aliphatic heterocycles. The molecule has 2 rings (SSSR count). The smallest absolute Gasteiger partial charge is 0.323 e. The molecule has 6 nitrogen and oxygen atoms in total. The van der Waals surface area contributed by atoms with Gasteiger partial charge in [0.05, 0.1) is 11.0 Å². The molecule has 1 aromatic carbocycles. The Bertz CT molecular complexity index is 663. The second-order valence-corrected chi connectivity index (χ2v) is 5.43. The molecule has 22 heavy (non-hydrogen) atoms. The highest BCUT2D eigenvalue weighted by Gasteiger charge is 2.04. The number of amides is 1. The Kier molecular flexibility index (Phi) is 7.14. The SMILES string of the molecule is CC(N)CCNC(=O)CCCc1ccc2[nH]c(=O)[nH]c2c1.Cl. The van der Waals surface area contributed by atoms with E-state index in [1.807, 2.05) is 25.1 Å². The van der Waals surface area contributed by atoms with Crippen LogP contribution in [0.3, 0.4) is 0 Å². The Balaban J connectivity index is 0.00000242. The van der Waals surface area contributed by atoms with Gasteiger partial charge in [-0.25, -0.2) is 4.79 Å². The molecule has 0 saturated heterocycles. The lowest BCUT2D eigenvalue weighted by Crippen LogP contribution is -2.28. The number of nitrogens with two attached hydrogens (primary N) is 1. The first kappa shape index (κ1) is 18.3. The van der Waals surface area contributed by atoms with E-state index in [1.54, 1.807) is 0 Å². The number of aromatic amines is 2. The highest BCUT2D eigenvalue weighted by Crippen LogP contribution is 2.12. The van der Waals surface area contributed by atoms with Gasteiger partial charge < -0.3 is 21.0 Å². The molecule has 2 aromatic rings. The van der Waals surface area contributed by atoms with Crippen LogP contribution in [0.4, 0.5) is 0 Å². The van der Waals surface area contributed by atoms with Crippen LogP contribution >= 0.6 is 12.4 Å². The number of rotatable bonds is 7. The van der Waals surface area contributed by atoms with Crippen molar-refractivity contribution < 1.29 is 4.79 Å². The number of nitrogens with one attached hydrogen (secondary N) is 3. The average Bonchev–Trinajstić information content (AvgIpc) is 2.77. The van der Waals surface area contributed by atoms with Crippen molar-refractivity contribution in [3.8, 4) is 0 Å². The van der Waals surface area contributed by atoms with Crippen LogP contribution in [0.2, 0.25) is 0 Å². The van der Waals surface area contributed by atoms with Gasteiger partial charge in [-0.1, -0.05) is 6.07 Å². The third-order valence-corrected chi connectivity index (χ3v) is 3.37. The summed E-state index contributed by atoms with van der Waals surface area (Å²) >= 11 is 0. The molecule has 1 unspecified atom stereocenters. The van der Waals surface area contributed by atoms with Crippen molar-refractivity contribution in [1.29, 1.82) is 0 Å². The topological polar surface area (TPSA) is 104 Å². The number of benzene rings is 1. The van der Waals surface area contributed by atoms with Crippen LogP contribution in [0.5, 0.6) is 0 Å². The molecular formula is C15H23ClN4O2. The predicted molar refractivity (Wildman–Crippen MR) is 90.4 cm³/mol. The molecule has 5 N–H and O–H groups in total. The maximum absolute atomic E-state index is 11.6. The minimum absolute atomic E-state index is 0. The number of imidazole rings is 1. The van der Waals surface area contributed by atoms with Gasteiger partial charge in [0.15, 0.2) is 0 Å². The van der Waals surface area contributed by atoms with Crippen molar-refractivity contribution in [2.24, 2.45) is 5.73 Å². The van der Waals surface area contributed by atoms with Crippen molar-refractivity contribution in [2.75, 3.05) is 6.54 Å². The van der Waals surface area contributed by atoms with E-state index in [1.165, 1.54) is 0 Å². The highest BCUT2D eigenvalue weighted by molar-refractivity contribution is 5.85. The Morgan fingerprint density at radius 1 is 1.32 bits per heavy atom. The molecule has 1 heterocycles. The Morgan fingerprint density at radius 2 is 2.05 bits per heavy atom. The predicted octanol–water partition coefficient (Wildman–Crippen LogP) is 1.45. The number of hydrogen-bond donors (Lipinski definition) is 4. The number of carbonyl (C=O) groups is 1. The van der Waals surface area contributed by atoms with Crippen molar-refractivity contribution in [1.82, 2.24) is 15.3 Å². The quantitative estimate of drug-likeness (QED) is 0.619. The van der Waals surface area contributed by atoms with Crippen LogP contribution in [0.25, 0.3) is 11.0 Å². The third-order valence-electron chi connectivity index (χ3n) is 3.37. The van der Waals surface area contributed by atoms with Crippen LogP contribution in [0.15, 0.2) is 23.0 Å². The van der Waals surface area contributed by atoms with E-state index in [0.29, 0.717) is 13.0 Å². The number of aryl methyl sites for hydroxylation is 1. The van der Waals surface area contributed by atoms with Gasteiger partial charge in [0.1, 0.15) is 0 Å². The maximum atomic E-state index is 11.6. The van der Waals surface area contributed by atoms with E-state index in [-0.39, 0.29) is 30.0 Å². The second-order valence-electron chi connectivity index (χ2n) is 5.43. The summed E-state index contributed by atoms with van der Waals surface area (Å²) in [5.41, 5.74) is 8.14. The molecule has 1 atom stereocenters. The van der Waals surface area contributed by atoms with Gasteiger partial charge in [-0.2, -0.15) is 0 Å². The Hall–Kier alpha value is -1.79. The summed E-state index contributed by atoms with van der Waals surface area (Å²) in [7, 11) is 0. The zero-order valence-corrected chi connectivity index (χ0v) is 13.5. The molecule has 0 aliphatic carbocycles. The summed E-state index contributed by atoms with van der Waals surface area (Å²) in [5, 5.41) is 2.86. The fraction of sp³-hybridized carbons (Fsp3) is 0.467. The fourth-order valence-electron chi connectivity index (χ4n) is 2.22. The first-order chi connectivity index (χ1) is 10.0. The number of carbonyl (C=O) groups excluding carboxylic acids is 1. The second kappa shape index (κ2) is 8.60. The molecule has 1 amide bonds. The van der Waals surface area contributed by atoms with Gasteiger partial charge in [-0.15, -0.1) is 12.4 Å². The van der Waals surface area contributed by atoms with Crippen LogP contribution in [0.1, 0.15) is 31.7 Å². The van der Waals surface area contributed by atoms with Gasteiger partial charge in [0.25, 0.3) is 0 Å². The number of halogens is 1. The van der Waals surface area contributed by atoms with Crippen molar-refractivity contribution in [3.05, 3.63) is 34.2 Å². The van der Waals surface area contributed by atoms with E-state index in [4.69, 9.17) is 5.73 Å². The van der Waals surface area contributed by atoms with Gasteiger partial charge in [0.2, 0.25) is 5.91 Å². The van der Waals surface area contributed by atoms with Crippen LogP contribution < -0.4 is 16.7 Å². The van der Waals surface area contributed by atoms with Crippen molar-refractivity contribution >= 4 is 29.3 Å². The number of aromatic nitrogens is 2. The highest BCUT2D eigenvalue weighted by atomic mass is 35.5. The Morgan fingerprint density at radius 3 is 2.77 bits per heavy atom. The van der Waals surface area contributed by atoms with Crippen LogP contribution in [-0.2, 0) is 11.2 Å².